The van der Waals surface area contributed by atoms with Crippen molar-refractivity contribution in [2.75, 3.05) is 28.6 Å². The zero-order valence-corrected chi connectivity index (χ0v) is 29.9. The lowest BCUT2D eigenvalue weighted by Gasteiger charge is -2.22. The van der Waals surface area contributed by atoms with Gasteiger partial charge in [-0.1, -0.05) is 50.0 Å². The average Bonchev–Trinajstić information content (AvgIpc) is 3.39. The van der Waals surface area contributed by atoms with Crippen molar-refractivity contribution in [1.29, 1.82) is 5.26 Å². The minimum absolute atomic E-state index is 0.0247. The maximum Gasteiger partial charge on any atom is 0.294 e. The Balaban J connectivity index is 1.82. The van der Waals surface area contributed by atoms with E-state index < -0.39 is 26.3 Å². The van der Waals surface area contributed by atoms with Crippen molar-refractivity contribution in [2.24, 2.45) is 10.2 Å². The van der Waals surface area contributed by atoms with Gasteiger partial charge in [0.2, 0.25) is 5.91 Å². The van der Waals surface area contributed by atoms with Crippen molar-refractivity contribution in [3.63, 3.8) is 0 Å². The Kier molecular flexibility index (Phi) is 11.1. The third kappa shape index (κ3) is 8.44. The van der Waals surface area contributed by atoms with Gasteiger partial charge < -0.3 is 15.5 Å². The molecule has 256 valence electrons. The Hall–Kier alpha value is -4.81. The normalized spacial score (nSPS) is 11.8. The second-order valence-corrected chi connectivity index (χ2v) is 14.1. The molecule has 0 spiro atoms. The van der Waals surface area contributed by atoms with E-state index in [1.807, 2.05) is 40.7 Å². The van der Waals surface area contributed by atoms with Gasteiger partial charge in [0.25, 0.3) is 16.0 Å². The summed E-state index contributed by atoms with van der Waals surface area (Å²) in [7, 11) is -4.53. The van der Waals surface area contributed by atoms with E-state index in [-0.39, 0.29) is 44.3 Å². The summed E-state index contributed by atoms with van der Waals surface area (Å²) in [6.07, 6.45) is 0. The maximum atomic E-state index is 12.9. The number of azo groups is 1. The molecule has 1 heterocycles. The van der Waals surface area contributed by atoms with E-state index in [4.69, 9.17) is 23.2 Å². The van der Waals surface area contributed by atoms with Gasteiger partial charge in [-0.3, -0.25) is 14.1 Å². The highest BCUT2D eigenvalue weighted by Crippen LogP contribution is 2.40. The molecule has 2 amide bonds. The predicted octanol–water partition coefficient (Wildman–Crippen LogP) is 8.07. The quantitative estimate of drug-likeness (QED) is 0.108. The second-order valence-electron chi connectivity index (χ2n) is 11.8. The Bertz CT molecular complexity index is 2090. The molecule has 4 rings (SSSR count). The molecule has 0 unspecified atom stereocenters. The first-order valence-electron chi connectivity index (χ1n) is 15.0. The summed E-state index contributed by atoms with van der Waals surface area (Å²) in [4.78, 5) is 26.7. The first-order valence-corrected chi connectivity index (χ1v) is 17.2. The van der Waals surface area contributed by atoms with E-state index in [0.29, 0.717) is 17.1 Å². The number of nitrogens with zero attached hydrogens (tertiary/aromatic N) is 6. The Morgan fingerprint density at radius 3 is 2.22 bits per heavy atom. The summed E-state index contributed by atoms with van der Waals surface area (Å²) in [6.45, 7) is 12.6. The minimum atomic E-state index is -4.53. The van der Waals surface area contributed by atoms with Crippen LogP contribution in [0.15, 0.2) is 69.7 Å². The highest BCUT2D eigenvalue weighted by atomic mass is 35.5. The van der Waals surface area contributed by atoms with Gasteiger partial charge >= 0.3 is 0 Å². The summed E-state index contributed by atoms with van der Waals surface area (Å²) < 4.78 is 33.7. The van der Waals surface area contributed by atoms with Crippen LogP contribution in [0.1, 0.15) is 63.2 Å². The van der Waals surface area contributed by atoms with Gasteiger partial charge in [0.1, 0.15) is 23.0 Å². The number of anilines is 3. The molecular weight excluding hydrogens is 691 g/mol. The third-order valence-corrected chi connectivity index (χ3v) is 8.66. The van der Waals surface area contributed by atoms with Crippen LogP contribution in [0.25, 0.3) is 5.69 Å². The van der Waals surface area contributed by atoms with Gasteiger partial charge in [-0.15, -0.1) is 10.2 Å². The fourth-order valence-corrected chi connectivity index (χ4v) is 6.09. The zero-order chi connectivity index (χ0) is 36.3. The molecule has 0 fully saturated rings. The molecule has 0 saturated heterocycles. The monoisotopic (exact) mass is 724 g/mol. The van der Waals surface area contributed by atoms with E-state index in [1.54, 1.807) is 12.1 Å². The molecular formula is C33H34Cl2N8O5S. The number of carbonyl (C=O) groups is 2. The SMILES string of the molecule is CCN(CC)c1ccc(/N=N/c2c(C#N)c(C(C)(C)C)nn2-c2c(Cl)cc(NC(=O)c3cccc(S(=O)(=O)O)c3)cc2Cl)c(NC(C)=O)c1. The van der Waals surface area contributed by atoms with Crippen LogP contribution in [0.5, 0.6) is 0 Å². The third-order valence-electron chi connectivity index (χ3n) is 7.24. The van der Waals surface area contributed by atoms with Crippen LogP contribution in [0.2, 0.25) is 10.0 Å². The lowest BCUT2D eigenvalue weighted by molar-refractivity contribution is -0.114. The number of aromatic nitrogens is 2. The number of amides is 2. The molecule has 4 aromatic rings. The van der Waals surface area contributed by atoms with Crippen molar-refractivity contribution in [3.05, 3.63) is 81.5 Å². The molecule has 0 atom stereocenters. The summed E-state index contributed by atoms with van der Waals surface area (Å²) in [5.41, 5.74) is 1.80. The van der Waals surface area contributed by atoms with Crippen LogP contribution < -0.4 is 15.5 Å². The number of nitriles is 1. The topological polar surface area (TPSA) is 182 Å². The number of hydrogen-bond acceptors (Lipinski definition) is 9. The van der Waals surface area contributed by atoms with Gasteiger partial charge in [-0.25, -0.2) is 4.68 Å². The molecule has 49 heavy (non-hydrogen) atoms. The van der Waals surface area contributed by atoms with E-state index in [1.165, 1.54) is 35.9 Å². The molecule has 0 aliphatic heterocycles. The molecule has 13 nitrogen and oxygen atoms in total. The minimum Gasteiger partial charge on any atom is -0.372 e. The fourth-order valence-electron chi connectivity index (χ4n) is 4.91. The van der Waals surface area contributed by atoms with Gasteiger partial charge in [0, 0.05) is 42.4 Å². The van der Waals surface area contributed by atoms with Crippen LogP contribution in [-0.2, 0) is 20.3 Å². The van der Waals surface area contributed by atoms with Crippen molar-refractivity contribution < 1.29 is 22.6 Å². The van der Waals surface area contributed by atoms with Crippen LogP contribution in [0, 0.1) is 11.3 Å². The zero-order valence-electron chi connectivity index (χ0n) is 27.5. The molecule has 0 bridgehead atoms. The molecule has 3 aromatic carbocycles. The van der Waals surface area contributed by atoms with Crippen LogP contribution in [0.3, 0.4) is 0 Å². The van der Waals surface area contributed by atoms with Gasteiger partial charge in [0.15, 0.2) is 5.82 Å². The van der Waals surface area contributed by atoms with Crippen LogP contribution >= 0.6 is 23.2 Å². The molecule has 0 radical (unpaired) electrons. The summed E-state index contributed by atoms with van der Waals surface area (Å²) >= 11 is 13.5. The van der Waals surface area contributed by atoms with Gasteiger partial charge in [0.05, 0.1) is 26.3 Å². The molecule has 1 aromatic heterocycles. The lowest BCUT2D eigenvalue weighted by atomic mass is 9.90. The van der Waals surface area contributed by atoms with Gasteiger partial charge in [-0.05, 0) is 62.4 Å². The lowest BCUT2D eigenvalue weighted by Crippen LogP contribution is -2.21. The van der Waals surface area contributed by atoms with Crippen LogP contribution in [0.4, 0.5) is 28.6 Å². The second kappa shape index (κ2) is 14.8. The molecule has 3 N–H and O–H groups in total. The molecule has 0 aliphatic carbocycles. The Morgan fingerprint density at radius 1 is 1.02 bits per heavy atom. The molecule has 0 aliphatic rings. The van der Waals surface area contributed by atoms with Crippen molar-refractivity contribution >= 4 is 73.7 Å². The number of carbonyl (C=O) groups excluding carboxylic acids is 2. The average molecular weight is 726 g/mol. The van der Waals surface area contributed by atoms with Crippen LogP contribution in [-0.4, -0.2) is 47.7 Å². The molecule has 0 saturated carbocycles. The maximum absolute atomic E-state index is 12.9. The molecule has 16 heteroatoms. The van der Waals surface area contributed by atoms with Crippen molar-refractivity contribution in [1.82, 2.24) is 9.78 Å². The number of halogens is 2. The van der Waals surface area contributed by atoms with Gasteiger partial charge in [-0.2, -0.15) is 18.8 Å². The van der Waals surface area contributed by atoms with E-state index in [0.717, 1.165) is 30.9 Å². The van der Waals surface area contributed by atoms with E-state index in [9.17, 15) is 27.8 Å². The first-order chi connectivity index (χ1) is 23.0. The number of hydrogen-bond donors (Lipinski definition) is 3. The number of rotatable bonds is 10. The van der Waals surface area contributed by atoms with E-state index >= 15 is 0 Å². The smallest absolute Gasteiger partial charge is 0.294 e. The van der Waals surface area contributed by atoms with Crippen molar-refractivity contribution in [3.8, 4) is 11.8 Å². The highest BCUT2D eigenvalue weighted by molar-refractivity contribution is 7.85. The van der Waals surface area contributed by atoms with Crippen molar-refractivity contribution in [2.45, 2.75) is 51.9 Å². The Morgan fingerprint density at radius 2 is 1.67 bits per heavy atom. The number of benzene rings is 3. The fraction of sp³-hybridized carbons (Fsp3) is 0.273. The standard InChI is InChI=1S/C33H34Cl2N8O5S/c1-7-42(8-2)22-12-13-27(28(17-22)37-19(3)44)39-40-31-24(18-36)30(33(4,5)6)41-43(31)29-25(34)15-21(16-26(29)35)38-32(45)20-10-9-11-23(14-20)49(46,47)48/h9-17H,7-8H2,1-6H3,(H,37,44)(H,38,45)(H,46,47,48)/b40-39+. The highest BCUT2D eigenvalue weighted by Gasteiger charge is 2.29. The Labute approximate surface area is 294 Å². The largest absolute Gasteiger partial charge is 0.372 e. The summed E-state index contributed by atoms with van der Waals surface area (Å²) in [5.74, 6) is -0.970. The summed E-state index contributed by atoms with van der Waals surface area (Å²) in [6, 6.07) is 15.2. The first kappa shape index (κ1) is 37.0. The van der Waals surface area contributed by atoms with E-state index in [2.05, 4.69) is 36.9 Å². The summed E-state index contributed by atoms with van der Waals surface area (Å²) in [5, 5.41) is 29.3. The number of nitrogens with one attached hydrogen (secondary N) is 2. The predicted molar refractivity (Wildman–Crippen MR) is 190 cm³/mol.